The molecule has 0 spiro atoms. The fraction of sp³-hybridized carbons (Fsp3) is 0.625. The lowest BCUT2D eigenvalue weighted by atomic mass is 9.83. The van der Waals surface area contributed by atoms with Crippen molar-refractivity contribution in [1.29, 1.82) is 0 Å². The molecule has 0 amide bonds. The highest BCUT2D eigenvalue weighted by Gasteiger charge is 2.31. The highest BCUT2D eigenvalue weighted by Crippen LogP contribution is 2.37. The van der Waals surface area contributed by atoms with E-state index in [1.54, 1.807) is 12.1 Å². The number of hydrogen-bond donors (Lipinski definition) is 0. The van der Waals surface area contributed by atoms with Crippen molar-refractivity contribution in [1.82, 2.24) is 0 Å². The summed E-state index contributed by atoms with van der Waals surface area (Å²) >= 11 is 3.64. The summed E-state index contributed by atoms with van der Waals surface area (Å²) in [4.78, 5) is 0. The van der Waals surface area contributed by atoms with E-state index in [0.29, 0.717) is 12.4 Å². The number of aryl methyl sites for hydroxylation is 1. The Hall–Kier alpha value is -0.570. The third-order valence-electron chi connectivity index (χ3n) is 4.07. The smallest absolute Gasteiger partial charge is 0.165 e. The molecule has 0 saturated heterocycles. The second-order valence-electron chi connectivity index (χ2n) is 5.77. The Kier molecular flexibility index (Phi) is 5.26. The summed E-state index contributed by atoms with van der Waals surface area (Å²) in [6.45, 7) is 2.57. The van der Waals surface area contributed by atoms with Gasteiger partial charge in [-0.3, -0.25) is 0 Å². The molecule has 19 heavy (non-hydrogen) atoms. The Balaban J connectivity index is 2.04. The van der Waals surface area contributed by atoms with Gasteiger partial charge in [0.2, 0.25) is 0 Å². The summed E-state index contributed by atoms with van der Waals surface area (Å²) in [5.74, 6) is 0.133. The Bertz CT molecular complexity index is 411. The third-order valence-corrected chi connectivity index (χ3v) is 5.26. The van der Waals surface area contributed by atoms with Gasteiger partial charge in [0, 0.05) is 10.7 Å². The van der Waals surface area contributed by atoms with Crippen LogP contribution in [0.3, 0.4) is 0 Å². The van der Waals surface area contributed by atoms with Gasteiger partial charge < -0.3 is 4.74 Å². The molecule has 1 fully saturated rings. The molecular weight excluding hydrogens is 307 g/mol. The van der Waals surface area contributed by atoms with E-state index in [1.165, 1.54) is 44.6 Å². The number of alkyl halides is 1. The summed E-state index contributed by atoms with van der Waals surface area (Å²) < 4.78 is 19.5. The van der Waals surface area contributed by atoms with E-state index in [4.69, 9.17) is 4.74 Å². The van der Waals surface area contributed by atoms with Gasteiger partial charge in [0.25, 0.3) is 0 Å². The Labute approximate surface area is 123 Å². The van der Waals surface area contributed by atoms with Crippen LogP contribution in [-0.4, -0.2) is 11.9 Å². The van der Waals surface area contributed by atoms with Gasteiger partial charge in [-0.1, -0.05) is 47.7 Å². The molecule has 3 heteroatoms. The van der Waals surface area contributed by atoms with E-state index in [0.717, 1.165) is 10.9 Å². The van der Waals surface area contributed by atoms with Gasteiger partial charge in [0.05, 0.1) is 6.61 Å². The van der Waals surface area contributed by atoms with E-state index in [2.05, 4.69) is 15.9 Å². The predicted octanol–water partition coefficient (Wildman–Crippen LogP) is 5.25. The van der Waals surface area contributed by atoms with Crippen LogP contribution < -0.4 is 4.74 Å². The monoisotopic (exact) mass is 328 g/mol. The van der Waals surface area contributed by atoms with Crippen LogP contribution in [0.25, 0.3) is 0 Å². The molecular formula is C16H22BrFO. The summed E-state index contributed by atoms with van der Waals surface area (Å²) in [5.41, 5.74) is 1.21. The Morgan fingerprint density at radius 3 is 2.53 bits per heavy atom. The first-order chi connectivity index (χ1) is 9.15. The van der Waals surface area contributed by atoms with Crippen molar-refractivity contribution in [2.24, 2.45) is 5.41 Å². The van der Waals surface area contributed by atoms with Gasteiger partial charge in [0.15, 0.2) is 11.6 Å². The van der Waals surface area contributed by atoms with Crippen molar-refractivity contribution >= 4 is 15.9 Å². The maximum absolute atomic E-state index is 13.7. The summed E-state index contributed by atoms with van der Waals surface area (Å²) in [5, 5.41) is 0.938. The van der Waals surface area contributed by atoms with Crippen molar-refractivity contribution in [3.05, 3.63) is 29.6 Å². The lowest BCUT2D eigenvalue weighted by Gasteiger charge is -2.30. The first-order valence-electron chi connectivity index (χ1n) is 7.10. The van der Waals surface area contributed by atoms with Crippen LogP contribution in [0.4, 0.5) is 4.39 Å². The lowest BCUT2D eigenvalue weighted by Crippen LogP contribution is -2.30. The Morgan fingerprint density at radius 2 is 1.89 bits per heavy atom. The van der Waals surface area contributed by atoms with Crippen LogP contribution in [0.2, 0.25) is 0 Å². The molecule has 106 valence electrons. The molecule has 0 atom stereocenters. The Morgan fingerprint density at radius 1 is 1.21 bits per heavy atom. The van der Waals surface area contributed by atoms with Gasteiger partial charge in [-0.15, -0.1) is 0 Å². The second-order valence-corrected chi connectivity index (χ2v) is 6.33. The molecule has 1 aliphatic rings. The SMILES string of the molecule is Cc1ccc(F)c(OCC2(CBr)CCCCCC2)c1. The molecule has 1 aromatic carbocycles. The molecule has 2 rings (SSSR count). The average molecular weight is 329 g/mol. The molecule has 1 saturated carbocycles. The summed E-state index contributed by atoms with van der Waals surface area (Å²) in [7, 11) is 0. The second kappa shape index (κ2) is 6.74. The zero-order valence-corrected chi connectivity index (χ0v) is 13.1. The van der Waals surface area contributed by atoms with Crippen LogP contribution in [0.1, 0.15) is 44.1 Å². The van der Waals surface area contributed by atoms with E-state index >= 15 is 0 Å². The zero-order chi connectivity index (χ0) is 13.7. The van der Waals surface area contributed by atoms with Crippen LogP contribution in [0.5, 0.6) is 5.75 Å². The molecule has 0 aromatic heterocycles. The van der Waals surface area contributed by atoms with Crippen molar-refractivity contribution in [3.8, 4) is 5.75 Å². The molecule has 0 unspecified atom stereocenters. The van der Waals surface area contributed by atoms with E-state index in [9.17, 15) is 4.39 Å². The van der Waals surface area contributed by atoms with E-state index < -0.39 is 0 Å². The lowest BCUT2D eigenvalue weighted by molar-refractivity contribution is 0.145. The summed E-state index contributed by atoms with van der Waals surface area (Å²) in [6.07, 6.45) is 7.48. The maximum atomic E-state index is 13.7. The molecule has 0 heterocycles. The minimum absolute atomic E-state index is 0.173. The van der Waals surface area contributed by atoms with Crippen LogP contribution >= 0.6 is 15.9 Å². The molecule has 0 bridgehead atoms. The van der Waals surface area contributed by atoms with Gasteiger partial charge in [-0.25, -0.2) is 4.39 Å². The van der Waals surface area contributed by atoms with Crippen LogP contribution in [0, 0.1) is 18.2 Å². The van der Waals surface area contributed by atoms with E-state index in [-0.39, 0.29) is 11.2 Å². The molecule has 1 aromatic rings. The molecule has 1 nitrogen and oxygen atoms in total. The number of halogens is 2. The third kappa shape index (κ3) is 3.95. The number of hydrogen-bond acceptors (Lipinski definition) is 1. The molecule has 0 N–H and O–H groups in total. The topological polar surface area (TPSA) is 9.23 Å². The first-order valence-corrected chi connectivity index (χ1v) is 8.22. The van der Waals surface area contributed by atoms with E-state index in [1.807, 2.05) is 6.92 Å². The normalized spacial score (nSPS) is 18.9. The standard InChI is InChI=1S/C16H22BrFO/c1-13-6-7-14(18)15(10-13)19-12-16(11-17)8-4-2-3-5-9-16/h6-7,10H,2-5,8-9,11-12H2,1H3. The van der Waals surface area contributed by atoms with Crippen molar-refractivity contribution in [2.45, 2.75) is 45.4 Å². The maximum Gasteiger partial charge on any atom is 0.165 e. The highest BCUT2D eigenvalue weighted by molar-refractivity contribution is 9.09. The van der Waals surface area contributed by atoms with Crippen molar-refractivity contribution in [3.63, 3.8) is 0 Å². The zero-order valence-electron chi connectivity index (χ0n) is 11.6. The minimum atomic E-state index is -0.260. The van der Waals surface area contributed by atoms with Gasteiger partial charge >= 0.3 is 0 Å². The van der Waals surface area contributed by atoms with Gasteiger partial charge in [0.1, 0.15) is 0 Å². The van der Waals surface area contributed by atoms with Crippen LogP contribution in [0.15, 0.2) is 18.2 Å². The predicted molar refractivity (Wildman–Crippen MR) is 80.6 cm³/mol. The molecule has 0 aliphatic heterocycles. The fourth-order valence-electron chi connectivity index (χ4n) is 2.75. The molecule has 1 aliphatic carbocycles. The average Bonchev–Trinajstić information content (AvgIpc) is 2.66. The van der Waals surface area contributed by atoms with Crippen molar-refractivity contribution < 1.29 is 9.13 Å². The fourth-order valence-corrected chi connectivity index (χ4v) is 3.47. The molecule has 0 radical (unpaired) electrons. The first kappa shape index (κ1) is 14.8. The van der Waals surface area contributed by atoms with Gasteiger partial charge in [-0.05, 0) is 37.5 Å². The van der Waals surface area contributed by atoms with Crippen molar-refractivity contribution in [2.75, 3.05) is 11.9 Å². The van der Waals surface area contributed by atoms with Gasteiger partial charge in [-0.2, -0.15) is 0 Å². The number of ether oxygens (including phenoxy) is 1. The number of rotatable bonds is 4. The number of benzene rings is 1. The summed E-state index contributed by atoms with van der Waals surface area (Å²) in [6, 6.07) is 5.04. The highest BCUT2D eigenvalue weighted by atomic mass is 79.9. The quantitative estimate of drug-likeness (QED) is 0.542. The largest absolute Gasteiger partial charge is 0.490 e. The van der Waals surface area contributed by atoms with Crippen LogP contribution in [-0.2, 0) is 0 Å². The minimum Gasteiger partial charge on any atom is -0.490 e.